The summed E-state index contributed by atoms with van der Waals surface area (Å²) in [5.74, 6) is -0.0488. The van der Waals surface area contributed by atoms with Crippen molar-refractivity contribution in [2.75, 3.05) is 33.0 Å². The molecule has 2 heterocycles. The molecule has 2 aliphatic rings. The summed E-state index contributed by atoms with van der Waals surface area (Å²) in [4.78, 5) is 15.4. The number of rotatable bonds is 9. The first-order valence-corrected chi connectivity index (χ1v) is 9.36. The fraction of sp³-hybridized carbons (Fsp3) is 0.650. The molecule has 0 aromatic heterocycles. The lowest BCUT2D eigenvalue weighted by Crippen LogP contribution is -2.46. The van der Waals surface area contributed by atoms with Crippen molar-refractivity contribution in [3.05, 3.63) is 35.9 Å². The Kier molecular flexibility index (Phi) is 6.10. The fourth-order valence-corrected chi connectivity index (χ4v) is 4.70. The third-order valence-corrected chi connectivity index (χ3v) is 5.65. The Bertz CT molecular complexity index is 564. The Morgan fingerprint density at radius 1 is 1.28 bits per heavy atom. The number of fused-ring (bicyclic) bond motifs is 2. The highest BCUT2D eigenvalue weighted by molar-refractivity contribution is 5.79. The van der Waals surface area contributed by atoms with E-state index in [-0.39, 0.29) is 18.6 Å². The summed E-state index contributed by atoms with van der Waals surface area (Å²) in [6.45, 7) is 4.13. The molecule has 0 saturated carbocycles. The number of nitrogens with zero attached hydrogens (tertiary/aromatic N) is 1. The van der Waals surface area contributed by atoms with E-state index in [9.17, 15) is 4.79 Å². The van der Waals surface area contributed by atoms with E-state index in [1.165, 1.54) is 5.56 Å². The van der Waals surface area contributed by atoms with Crippen LogP contribution < -0.4 is 0 Å². The molecule has 2 fully saturated rings. The van der Waals surface area contributed by atoms with Crippen LogP contribution in [0.5, 0.6) is 0 Å². The van der Waals surface area contributed by atoms with Crippen LogP contribution in [0.1, 0.15) is 31.7 Å². The molecule has 25 heavy (non-hydrogen) atoms. The number of hydrogen-bond acceptors (Lipinski definition) is 5. The molecular formula is C20H29NO4. The molecule has 2 saturated heterocycles. The van der Waals surface area contributed by atoms with Crippen LogP contribution in [0.25, 0.3) is 0 Å². The fourth-order valence-electron chi connectivity index (χ4n) is 4.70. The lowest BCUT2D eigenvalue weighted by Gasteiger charge is -2.35. The van der Waals surface area contributed by atoms with E-state index in [0.717, 1.165) is 32.2 Å². The van der Waals surface area contributed by atoms with Gasteiger partial charge in [0.2, 0.25) is 0 Å². The van der Waals surface area contributed by atoms with E-state index in [0.29, 0.717) is 25.9 Å². The standard InChI is InChI=1S/C20H29NO4/c1-2-25-19(23)20(14-16-6-4-3-5-7-16)15-17-8-9-18(20)21(17)10-12-24-13-11-22/h3-7,17-18,22H,2,8-15H2,1H3/t17-,18+,20+/m1/s1. The van der Waals surface area contributed by atoms with Gasteiger partial charge in [-0.3, -0.25) is 9.69 Å². The predicted molar refractivity (Wildman–Crippen MR) is 95.2 cm³/mol. The van der Waals surface area contributed by atoms with Crippen LogP contribution in [0.2, 0.25) is 0 Å². The summed E-state index contributed by atoms with van der Waals surface area (Å²) < 4.78 is 11.0. The SMILES string of the molecule is CCOC(=O)[C@@]1(Cc2ccccc2)C[C@H]2CC[C@@H]1N2CCOCCO. The van der Waals surface area contributed by atoms with Gasteiger partial charge in [0, 0.05) is 18.6 Å². The van der Waals surface area contributed by atoms with Crippen molar-refractivity contribution in [1.29, 1.82) is 0 Å². The smallest absolute Gasteiger partial charge is 0.314 e. The Balaban J connectivity index is 1.77. The minimum Gasteiger partial charge on any atom is -0.466 e. The van der Waals surface area contributed by atoms with E-state index in [2.05, 4.69) is 17.0 Å². The third kappa shape index (κ3) is 3.73. The van der Waals surface area contributed by atoms with Gasteiger partial charge in [0.1, 0.15) is 0 Å². The molecule has 1 aromatic rings. The van der Waals surface area contributed by atoms with E-state index >= 15 is 0 Å². The van der Waals surface area contributed by atoms with Gasteiger partial charge in [0.05, 0.1) is 31.8 Å². The van der Waals surface area contributed by atoms with Crippen molar-refractivity contribution in [2.45, 2.75) is 44.7 Å². The van der Waals surface area contributed by atoms with Gasteiger partial charge in [-0.15, -0.1) is 0 Å². The summed E-state index contributed by atoms with van der Waals surface area (Å²) >= 11 is 0. The van der Waals surface area contributed by atoms with E-state index in [1.54, 1.807) is 0 Å². The zero-order valence-corrected chi connectivity index (χ0v) is 15.0. The molecule has 3 atom stereocenters. The Morgan fingerprint density at radius 3 is 2.80 bits per heavy atom. The summed E-state index contributed by atoms with van der Waals surface area (Å²) in [6.07, 6.45) is 3.78. The molecule has 1 aromatic carbocycles. The highest BCUT2D eigenvalue weighted by Gasteiger charge is 2.60. The van der Waals surface area contributed by atoms with Crippen LogP contribution in [0.3, 0.4) is 0 Å². The minimum absolute atomic E-state index is 0.0488. The van der Waals surface area contributed by atoms with Crippen LogP contribution in [0.4, 0.5) is 0 Å². The average molecular weight is 347 g/mol. The van der Waals surface area contributed by atoms with Gasteiger partial charge in [-0.2, -0.15) is 0 Å². The molecular weight excluding hydrogens is 318 g/mol. The van der Waals surface area contributed by atoms with Crippen molar-refractivity contribution >= 4 is 5.97 Å². The van der Waals surface area contributed by atoms with Gasteiger partial charge in [-0.05, 0) is 38.2 Å². The van der Waals surface area contributed by atoms with Crippen LogP contribution in [-0.4, -0.2) is 61.0 Å². The zero-order valence-electron chi connectivity index (χ0n) is 15.0. The lowest BCUT2D eigenvalue weighted by atomic mass is 9.70. The lowest BCUT2D eigenvalue weighted by molar-refractivity contribution is -0.157. The maximum atomic E-state index is 13.0. The first-order chi connectivity index (χ1) is 12.2. The largest absolute Gasteiger partial charge is 0.466 e. The molecule has 0 aliphatic carbocycles. The zero-order chi connectivity index (χ0) is 17.7. The van der Waals surface area contributed by atoms with Crippen molar-refractivity contribution in [3.8, 4) is 0 Å². The van der Waals surface area contributed by atoms with E-state index < -0.39 is 5.41 Å². The molecule has 0 amide bonds. The van der Waals surface area contributed by atoms with Crippen LogP contribution in [-0.2, 0) is 20.7 Å². The van der Waals surface area contributed by atoms with Crippen LogP contribution in [0, 0.1) is 5.41 Å². The van der Waals surface area contributed by atoms with E-state index in [1.807, 2.05) is 25.1 Å². The normalized spacial score (nSPS) is 28.4. The van der Waals surface area contributed by atoms with Crippen LogP contribution in [0.15, 0.2) is 30.3 Å². The summed E-state index contributed by atoms with van der Waals surface area (Å²) in [5.41, 5.74) is 0.747. The second-order valence-electron chi connectivity index (χ2n) is 7.06. The molecule has 5 heteroatoms. The first-order valence-electron chi connectivity index (χ1n) is 9.36. The number of hydrogen-bond donors (Lipinski definition) is 1. The maximum Gasteiger partial charge on any atom is 0.314 e. The average Bonchev–Trinajstić information content (AvgIpc) is 3.15. The molecule has 138 valence electrons. The maximum absolute atomic E-state index is 13.0. The number of benzene rings is 1. The van der Waals surface area contributed by atoms with Gasteiger partial charge in [-0.1, -0.05) is 30.3 Å². The highest BCUT2D eigenvalue weighted by atomic mass is 16.5. The summed E-state index contributed by atoms with van der Waals surface area (Å²) in [7, 11) is 0. The molecule has 5 nitrogen and oxygen atoms in total. The van der Waals surface area contributed by atoms with Crippen LogP contribution >= 0.6 is 0 Å². The van der Waals surface area contributed by atoms with Gasteiger partial charge in [0.25, 0.3) is 0 Å². The van der Waals surface area contributed by atoms with Gasteiger partial charge < -0.3 is 14.6 Å². The number of carbonyl (C=O) groups is 1. The molecule has 0 unspecified atom stereocenters. The molecule has 2 aliphatic heterocycles. The molecule has 2 bridgehead atoms. The summed E-state index contributed by atoms with van der Waals surface area (Å²) in [6, 6.07) is 10.9. The minimum atomic E-state index is -0.447. The number of aliphatic hydroxyl groups excluding tert-OH is 1. The monoisotopic (exact) mass is 347 g/mol. The Hall–Kier alpha value is -1.43. The summed E-state index contributed by atoms with van der Waals surface area (Å²) in [5, 5.41) is 8.85. The molecule has 0 radical (unpaired) electrons. The number of esters is 1. The number of ether oxygens (including phenoxy) is 2. The van der Waals surface area contributed by atoms with Gasteiger partial charge in [-0.25, -0.2) is 0 Å². The van der Waals surface area contributed by atoms with Crippen molar-refractivity contribution in [2.24, 2.45) is 5.41 Å². The molecule has 1 N–H and O–H groups in total. The topological polar surface area (TPSA) is 59.0 Å². The first kappa shape index (κ1) is 18.4. The predicted octanol–water partition coefficient (Wildman–Crippen LogP) is 2.02. The van der Waals surface area contributed by atoms with Gasteiger partial charge >= 0.3 is 5.97 Å². The molecule has 3 rings (SSSR count). The highest BCUT2D eigenvalue weighted by Crippen LogP contribution is 2.52. The quantitative estimate of drug-likeness (QED) is 0.547. The third-order valence-electron chi connectivity index (χ3n) is 5.65. The van der Waals surface area contributed by atoms with Gasteiger partial charge in [0.15, 0.2) is 0 Å². The van der Waals surface area contributed by atoms with Crippen molar-refractivity contribution in [1.82, 2.24) is 4.90 Å². The van der Waals surface area contributed by atoms with Crippen molar-refractivity contribution < 1.29 is 19.4 Å². The number of aliphatic hydroxyl groups is 1. The Labute approximate surface area is 149 Å². The second-order valence-corrected chi connectivity index (χ2v) is 7.06. The van der Waals surface area contributed by atoms with Crippen molar-refractivity contribution in [3.63, 3.8) is 0 Å². The van der Waals surface area contributed by atoms with E-state index in [4.69, 9.17) is 14.6 Å². The number of carbonyl (C=O) groups excluding carboxylic acids is 1. The molecule has 0 spiro atoms. The second kappa shape index (κ2) is 8.30. The Morgan fingerprint density at radius 2 is 2.08 bits per heavy atom.